The summed E-state index contributed by atoms with van der Waals surface area (Å²) in [5, 5.41) is 42.7. The molecule has 5 rings (SSSR count). The van der Waals surface area contributed by atoms with E-state index in [2.05, 4.69) is 20.0 Å². The number of aromatic hydroxyl groups is 4. The Bertz CT molecular complexity index is 1680. The van der Waals surface area contributed by atoms with Crippen LogP contribution in [-0.4, -0.2) is 124 Å². The molecule has 0 radical (unpaired) electrons. The Hall–Kier alpha value is -6.12. The number of fused-ring (bicyclic) bond motifs is 8. The number of hydrogen-bond donors (Lipinski definition) is 4. The smallest absolute Gasteiger partial charge is 0.166 e. The van der Waals surface area contributed by atoms with Crippen molar-refractivity contribution in [3.05, 3.63) is 95.1 Å². The summed E-state index contributed by atoms with van der Waals surface area (Å²) in [7, 11) is 0. The van der Waals surface area contributed by atoms with Crippen molar-refractivity contribution in [1.29, 1.82) is 0 Å². The fourth-order valence-electron chi connectivity index (χ4n) is 5.24. The number of nitrogens with zero attached hydrogens (tertiary/aromatic N) is 4. The first-order chi connectivity index (χ1) is 27.5. The fourth-order valence-corrected chi connectivity index (χ4v) is 5.24. The summed E-state index contributed by atoms with van der Waals surface area (Å²) in [6, 6.07) is 20.7. The molecule has 4 N–H and O–H groups in total. The monoisotopic (exact) mass is 768 g/mol. The van der Waals surface area contributed by atoms with Gasteiger partial charge in [-0.3, -0.25) is 20.0 Å². The van der Waals surface area contributed by atoms with Crippen LogP contribution in [-0.2, 0) is 9.47 Å². The van der Waals surface area contributed by atoms with Gasteiger partial charge in [0.05, 0.1) is 26.4 Å². The van der Waals surface area contributed by atoms with Gasteiger partial charge in [-0.25, -0.2) is 0 Å². The van der Waals surface area contributed by atoms with Gasteiger partial charge >= 0.3 is 0 Å². The highest BCUT2D eigenvalue weighted by atomic mass is 16.6. The van der Waals surface area contributed by atoms with Gasteiger partial charge in [0, 0.05) is 73.3 Å². The minimum atomic E-state index is -0.0140. The first-order valence-corrected chi connectivity index (χ1v) is 18.4. The number of aliphatic imine (C=N–C) groups is 4. The molecule has 0 atom stereocenters. The minimum absolute atomic E-state index is 0.0140. The SMILES string of the molecule is Oc1c2cccc1OCCOCCOc1cccc(c1O)C=NCCCN=Cc1cccc(c1O)OCCOCCOc1cccc(c1O)C=NCCCN=C2. The van der Waals surface area contributed by atoms with Crippen LogP contribution >= 0.6 is 0 Å². The van der Waals surface area contributed by atoms with E-state index >= 15 is 0 Å². The first kappa shape index (κ1) is 41.1. The van der Waals surface area contributed by atoms with Crippen molar-refractivity contribution in [1.82, 2.24) is 0 Å². The van der Waals surface area contributed by atoms with Crippen LogP contribution in [0.1, 0.15) is 35.1 Å². The van der Waals surface area contributed by atoms with Gasteiger partial charge in [0.15, 0.2) is 46.0 Å². The molecule has 0 aliphatic carbocycles. The lowest BCUT2D eigenvalue weighted by molar-refractivity contribution is 0.0751. The van der Waals surface area contributed by atoms with Crippen molar-refractivity contribution in [2.75, 3.05) is 79.0 Å². The number of rotatable bonds is 0. The third-order valence-electron chi connectivity index (χ3n) is 8.13. The van der Waals surface area contributed by atoms with Gasteiger partial charge in [0.1, 0.15) is 26.4 Å². The van der Waals surface area contributed by atoms with Crippen LogP contribution in [0.4, 0.5) is 0 Å². The Balaban J connectivity index is 1.16. The normalized spacial score (nSPS) is 16.0. The van der Waals surface area contributed by atoms with Crippen LogP contribution in [0.25, 0.3) is 0 Å². The van der Waals surface area contributed by atoms with Crippen molar-refractivity contribution in [3.63, 3.8) is 0 Å². The molecule has 14 heteroatoms. The Morgan fingerprint density at radius 1 is 0.339 bits per heavy atom. The first-order valence-electron chi connectivity index (χ1n) is 18.4. The molecule has 0 saturated carbocycles. The molecule has 4 aromatic rings. The van der Waals surface area contributed by atoms with Crippen LogP contribution < -0.4 is 18.9 Å². The van der Waals surface area contributed by atoms with E-state index in [0.29, 0.717) is 84.3 Å². The third-order valence-corrected chi connectivity index (χ3v) is 8.13. The number of hydrogen-bond acceptors (Lipinski definition) is 14. The average Bonchev–Trinajstić information content (AvgIpc) is 3.20. The number of para-hydroxylation sites is 4. The van der Waals surface area contributed by atoms with E-state index in [4.69, 9.17) is 28.4 Å². The van der Waals surface area contributed by atoms with E-state index in [9.17, 15) is 20.4 Å². The fraction of sp³-hybridized carbons (Fsp3) is 0.333. The predicted molar refractivity (Wildman–Crippen MR) is 215 cm³/mol. The summed E-state index contributed by atoms with van der Waals surface area (Å²) in [5.74, 6) is 1.22. The molecule has 296 valence electrons. The molecule has 8 bridgehead atoms. The van der Waals surface area contributed by atoms with Gasteiger partial charge in [-0.1, -0.05) is 24.3 Å². The average molecular weight is 769 g/mol. The van der Waals surface area contributed by atoms with Crippen molar-refractivity contribution >= 4 is 24.9 Å². The zero-order chi connectivity index (χ0) is 39.2. The second-order valence-corrected chi connectivity index (χ2v) is 12.2. The Kier molecular flexibility index (Phi) is 16.8. The molecule has 0 unspecified atom stereocenters. The highest BCUT2D eigenvalue weighted by Crippen LogP contribution is 2.31. The zero-order valence-corrected chi connectivity index (χ0v) is 31.2. The van der Waals surface area contributed by atoms with E-state index in [-0.39, 0.29) is 75.9 Å². The van der Waals surface area contributed by atoms with Gasteiger partial charge in [-0.15, -0.1) is 0 Å². The van der Waals surface area contributed by atoms with Crippen LogP contribution in [0.5, 0.6) is 46.0 Å². The van der Waals surface area contributed by atoms with E-state index in [1.165, 1.54) is 0 Å². The van der Waals surface area contributed by atoms with Crippen molar-refractivity contribution in [2.24, 2.45) is 20.0 Å². The molecule has 0 saturated heterocycles. The number of ether oxygens (including phenoxy) is 6. The highest BCUT2D eigenvalue weighted by Gasteiger charge is 2.10. The van der Waals surface area contributed by atoms with Gasteiger partial charge < -0.3 is 48.8 Å². The molecule has 0 spiro atoms. The summed E-state index contributed by atoms with van der Waals surface area (Å²) in [6.07, 6.45) is 7.69. The molecule has 14 nitrogen and oxygen atoms in total. The maximum atomic E-state index is 10.7. The van der Waals surface area contributed by atoms with E-state index < -0.39 is 0 Å². The van der Waals surface area contributed by atoms with Gasteiger partial charge in [0.25, 0.3) is 0 Å². The Morgan fingerprint density at radius 3 is 0.839 bits per heavy atom. The van der Waals surface area contributed by atoms with E-state index in [0.717, 1.165) is 0 Å². The highest BCUT2D eigenvalue weighted by molar-refractivity contribution is 5.86. The van der Waals surface area contributed by atoms with Gasteiger partial charge in [-0.2, -0.15) is 0 Å². The maximum Gasteiger partial charge on any atom is 0.166 e. The summed E-state index contributed by atoms with van der Waals surface area (Å²) < 4.78 is 34.1. The topological polar surface area (TPSA) is 186 Å². The Labute approximate surface area is 326 Å². The summed E-state index contributed by atoms with van der Waals surface area (Å²) in [5.41, 5.74) is 2.10. The van der Waals surface area contributed by atoms with Gasteiger partial charge in [-0.05, 0) is 61.4 Å². The molecular weight excluding hydrogens is 720 g/mol. The number of phenols is 4. The van der Waals surface area contributed by atoms with Gasteiger partial charge in [0.2, 0.25) is 0 Å². The summed E-state index contributed by atoms with van der Waals surface area (Å²) in [6.45, 7) is 3.80. The predicted octanol–water partition coefficient (Wildman–Crippen LogP) is 5.63. The second kappa shape index (κ2) is 22.9. The van der Waals surface area contributed by atoms with Crippen molar-refractivity contribution in [3.8, 4) is 46.0 Å². The maximum absolute atomic E-state index is 10.7. The molecule has 4 aromatic carbocycles. The summed E-state index contributed by atoms with van der Waals surface area (Å²) >= 11 is 0. The molecule has 0 fully saturated rings. The van der Waals surface area contributed by atoms with Crippen LogP contribution in [0.3, 0.4) is 0 Å². The van der Waals surface area contributed by atoms with Crippen LogP contribution in [0.15, 0.2) is 92.8 Å². The quantitative estimate of drug-likeness (QED) is 0.175. The standard InChI is InChI=1S/C42H48N4O10/c47-39-31-7-1-11-35(39)53-23-19-51-20-24-54-36-12-3-9-33(41(36)49)29-45-17-6-18-46-30-34-10-4-14-38(42(34)50)56-26-22-52-21-25-55-37-13-2-8-32(40(37)48)28-44-16-5-15-43-27-31/h1-4,7-14,27-30,47-50H,5-6,15-26H2. The van der Waals surface area contributed by atoms with E-state index in [1.54, 1.807) is 97.7 Å². The molecule has 1 aliphatic rings. The second-order valence-electron chi connectivity index (χ2n) is 12.2. The van der Waals surface area contributed by atoms with E-state index in [1.807, 2.05) is 0 Å². The lowest BCUT2D eigenvalue weighted by Gasteiger charge is -2.11. The van der Waals surface area contributed by atoms with Crippen molar-refractivity contribution < 1.29 is 48.8 Å². The molecule has 1 heterocycles. The van der Waals surface area contributed by atoms with Crippen molar-refractivity contribution in [2.45, 2.75) is 12.8 Å². The lowest BCUT2D eigenvalue weighted by atomic mass is 10.2. The molecular formula is C42H48N4O10. The minimum Gasteiger partial charge on any atom is -0.504 e. The third kappa shape index (κ3) is 13.0. The summed E-state index contributed by atoms with van der Waals surface area (Å²) in [4.78, 5) is 17.6. The number of phenolic OH excluding ortho intramolecular Hbond substituents is 4. The Morgan fingerprint density at radius 2 is 0.589 bits per heavy atom. The molecule has 1 aliphatic heterocycles. The zero-order valence-electron chi connectivity index (χ0n) is 31.2. The lowest BCUT2D eigenvalue weighted by Crippen LogP contribution is -2.12. The molecule has 56 heavy (non-hydrogen) atoms. The van der Waals surface area contributed by atoms with Crippen LogP contribution in [0, 0.1) is 0 Å². The molecule has 0 amide bonds. The largest absolute Gasteiger partial charge is 0.504 e. The molecule has 0 aromatic heterocycles. The number of benzene rings is 4. The van der Waals surface area contributed by atoms with Crippen LogP contribution in [0.2, 0.25) is 0 Å².